The highest BCUT2D eigenvalue weighted by Gasteiger charge is 2.17. The lowest BCUT2D eigenvalue weighted by Gasteiger charge is -2.14. The van der Waals surface area contributed by atoms with Gasteiger partial charge in [0.25, 0.3) is 0 Å². The molecule has 4 heteroatoms. The maximum absolute atomic E-state index is 11.5. The van der Waals surface area contributed by atoms with Crippen molar-refractivity contribution in [2.45, 2.75) is 26.3 Å². The first-order chi connectivity index (χ1) is 7.19. The molecule has 0 heterocycles. The van der Waals surface area contributed by atoms with Crippen molar-refractivity contribution in [1.29, 1.82) is 0 Å². The summed E-state index contributed by atoms with van der Waals surface area (Å²) in [5, 5.41) is 2.93. The van der Waals surface area contributed by atoms with E-state index in [-0.39, 0.29) is 12.0 Å². The number of rotatable bonds is 6. The Bertz CT molecular complexity index is 247. The maximum atomic E-state index is 11.5. The number of ether oxygens (including phenoxy) is 1. The third-order valence-corrected chi connectivity index (χ3v) is 2.03. The van der Waals surface area contributed by atoms with E-state index in [1.165, 1.54) is 0 Å². The molecule has 0 aliphatic rings. The normalized spacial score (nSPS) is 14.3. The number of nitrogens with one attached hydrogen (secondary N) is 1. The highest BCUT2D eigenvalue weighted by molar-refractivity contribution is 5.82. The summed E-state index contributed by atoms with van der Waals surface area (Å²) in [6.07, 6.45) is 4.29. The minimum absolute atomic E-state index is 0.219. The van der Waals surface area contributed by atoms with Gasteiger partial charge in [0.05, 0.1) is 6.61 Å². The van der Waals surface area contributed by atoms with Crippen LogP contribution in [0.15, 0.2) is 16.6 Å². The van der Waals surface area contributed by atoms with Crippen LogP contribution in [0.5, 0.6) is 0 Å². The smallest absolute Gasteiger partial charge is 0.323 e. The van der Waals surface area contributed by atoms with Crippen LogP contribution in [0.25, 0.3) is 0 Å². The number of hydrogen-bond acceptors (Lipinski definition) is 4. The molecule has 0 aliphatic heterocycles. The second-order valence-electron chi connectivity index (χ2n) is 3.05. The van der Waals surface area contributed by atoms with Gasteiger partial charge in [-0.2, -0.15) is 0 Å². The van der Waals surface area contributed by atoms with Crippen molar-refractivity contribution in [3.05, 3.63) is 11.6 Å². The van der Waals surface area contributed by atoms with E-state index in [0.29, 0.717) is 13.0 Å². The molecule has 0 saturated carbocycles. The van der Waals surface area contributed by atoms with Gasteiger partial charge in [0.2, 0.25) is 0 Å². The molecule has 0 radical (unpaired) electrons. The van der Waals surface area contributed by atoms with Gasteiger partial charge in [-0.3, -0.25) is 9.79 Å². The quantitative estimate of drug-likeness (QED) is 0.531. The molecule has 1 atom stereocenters. The zero-order valence-corrected chi connectivity index (χ0v) is 9.91. The fraction of sp³-hybridized carbons (Fsp3) is 0.636. The minimum atomic E-state index is -0.297. The average Bonchev–Trinajstić information content (AvgIpc) is 2.24. The van der Waals surface area contributed by atoms with Gasteiger partial charge in [0.1, 0.15) is 6.04 Å². The van der Waals surface area contributed by atoms with Crippen molar-refractivity contribution in [2.24, 2.45) is 4.99 Å². The molecular weight excluding hydrogens is 192 g/mol. The first kappa shape index (κ1) is 13.8. The molecule has 0 saturated heterocycles. The second kappa shape index (κ2) is 8.17. The van der Waals surface area contributed by atoms with Gasteiger partial charge in [-0.1, -0.05) is 6.08 Å². The van der Waals surface area contributed by atoms with Gasteiger partial charge in [-0.25, -0.2) is 0 Å². The summed E-state index contributed by atoms with van der Waals surface area (Å²) in [6, 6.07) is -0.297. The molecule has 0 amide bonds. The number of esters is 1. The Morgan fingerprint density at radius 1 is 1.60 bits per heavy atom. The van der Waals surface area contributed by atoms with Gasteiger partial charge in [0.15, 0.2) is 0 Å². The van der Waals surface area contributed by atoms with E-state index in [0.717, 1.165) is 5.57 Å². The lowest BCUT2D eigenvalue weighted by atomic mass is 10.1. The molecule has 4 nitrogen and oxygen atoms in total. The van der Waals surface area contributed by atoms with Crippen LogP contribution in [0.2, 0.25) is 0 Å². The van der Waals surface area contributed by atoms with Crippen LogP contribution in [0.4, 0.5) is 0 Å². The van der Waals surface area contributed by atoms with Crippen molar-refractivity contribution >= 4 is 12.2 Å². The van der Waals surface area contributed by atoms with Gasteiger partial charge in [-0.05, 0) is 32.9 Å². The van der Waals surface area contributed by atoms with Gasteiger partial charge in [0, 0.05) is 13.3 Å². The van der Waals surface area contributed by atoms with Gasteiger partial charge < -0.3 is 10.1 Å². The van der Waals surface area contributed by atoms with E-state index in [1.807, 2.05) is 13.0 Å². The molecule has 0 spiro atoms. The second-order valence-corrected chi connectivity index (χ2v) is 3.05. The third kappa shape index (κ3) is 5.32. The lowest BCUT2D eigenvalue weighted by molar-refractivity contribution is -0.145. The van der Waals surface area contributed by atoms with Crippen molar-refractivity contribution in [1.82, 2.24) is 5.32 Å². The molecule has 0 rings (SSSR count). The first-order valence-corrected chi connectivity index (χ1v) is 5.10. The van der Waals surface area contributed by atoms with Crippen molar-refractivity contribution in [3.8, 4) is 0 Å². The zero-order valence-electron chi connectivity index (χ0n) is 9.91. The van der Waals surface area contributed by atoms with Gasteiger partial charge >= 0.3 is 5.97 Å². The Hall–Kier alpha value is -1.16. The summed E-state index contributed by atoms with van der Waals surface area (Å²) in [5.74, 6) is -0.219. The summed E-state index contributed by atoms with van der Waals surface area (Å²) in [6.45, 7) is 4.13. The Kier molecular flexibility index (Phi) is 7.54. The maximum Gasteiger partial charge on any atom is 0.323 e. The highest BCUT2D eigenvalue weighted by atomic mass is 16.5. The van der Waals surface area contributed by atoms with E-state index in [1.54, 1.807) is 27.2 Å². The highest BCUT2D eigenvalue weighted by Crippen LogP contribution is 2.05. The Morgan fingerprint density at radius 3 is 2.67 bits per heavy atom. The number of carbonyl (C=O) groups is 1. The summed E-state index contributed by atoms with van der Waals surface area (Å²) >= 11 is 0. The van der Waals surface area contributed by atoms with Crippen molar-refractivity contribution < 1.29 is 9.53 Å². The number of nitrogens with zero attached hydrogens (tertiary/aromatic N) is 1. The van der Waals surface area contributed by atoms with Gasteiger partial charge in [-0.15, -0.1) is 0 Å². The molecule has 0 aromatic carbocycles. The zero-order chi connectivity index (χ0) is 11.7. The Morgan fingerprint density at radius 2 is 2.27 bits per heavy atom. The molecule has 1 unspecified atom stereocenters. The number of allylic oxidation sites excluding steroid dienone is 1. The topological polar surface area (TPSA) is 50.7 Å². The predicted molar refractivity (Wildman–Crippen MR) is 62.3 cm³/mol. The minimum Gasteiger partial charge on any atom is -0.465 e. The molecule has 0 aromatic rings. The summed E-state index contributed by atoms with van der Waals surface area (Å²) in [4.78, 5) is 15.4. The standard InChI is InChI=1S/C11H20N2O2/c1-5-9(8-12-3)7-10(13-4)11(14)15-6-2/h5,8,10,13H,6-7H2,1-4H3/b9-5-,12-8?. The first-order valence-electron chi connectivity index (χ1n) is 5.10. The van der Waals surface area contributed by atoms with Crippen LogP contribution in [0.3, 0.4) is 0 Å². The number of likely N-dealkylation sites (N-methyl/N-ethyl adjacent to an activating group) is 1. The van der Waals surface area contributed by atoms with E-state index >= 15 is 0 Å². The summed E-state index contributed by atoms with van der Waals surface area (Å²) < 4.78 is 4.95. The lowest BCUT2D eigenvalue weighted by Crippen LogP contribution is -2.36. The number of aliphatic imine (C=N–C) groups is 1. The Labute approximate surface area is 91.4 Å². The molecule has 1 N–H and O–H groups in total. The average molecular weight is 212 g/mol. The van der Waals surface area contributed by atoms with E-state index in [4.69, 9.17) is 4.74 Å². The molecule has 0 fully saturated rings. The van der Waals surface area contributed by atoms with Crippen molar-refractivity contribution in [2.75, 3.05) is 20.7 Å². The molecule has 0 aliphatic carbocycles. The predicted octanol–water partition coefficient (Wildman–Crippen LogP) is 1.17. The molecule has 0 bridgehead atoms. The number of carbonyl (C=O) groups excluding carboxylic acids is 1. The van der Waals surface area contributed by atoms with Crippen LogP contribution in [0, 0.1) is 0 Å². The van der Waals surface area contributed by atoms with E-state index in [9.17, 15) is 4.79 Å². The van der Waals surface area contributed by atoms with Crippen LogP contribution in [-0.2, 0) is 9.53 Å². The molecule has 86 valence electrons. The number of hydrogen-bond donors (Lipinski definition) is 1. The summed E-state index contributed by atoms with van der Waals surface area (Å²) in [7, 11) is 3.46. The van der Waals surface area contributed by atoms with Crippen LogP contribution in [-0.4, -0.2) is 38.9 Å². The van der Waals surface area contributed by atoms with Crippen LogP contribution < -0.4 is 5.32 Å². The van der Waals surface area contributed by atoms with Crippen LogP contribution in [0.1, 0.15) is 20.3 Å². The SMILES string of the molecule is C/C=C(\C=NC)CC(NC)C(=O)OCC. The van der Waals surface area contributed by atoms with Crippen LogP contribution >= 0.6 is 0 Å². The fourth-order valence-corrected chi connectivity index (χ4v) is 1.19. The summed E-state index contributed by atoms with van der Waals surface area (Å²) in [5.41, 5.74) is 1.02. The molecule has 0 aromatic heterocycles. The molecular formula is C11H20N2O2. The largest absolute Gasteiger partial charge is 0.465 e. The molecule has 15 heavy (non-hydrogen) atoms. The van der Waals surface area contributed by atoms with E-state index < -0.39 is 0 Å². The third-order valence-electron chi connectivity index (χ3n) is 2.03. The van der Waals surface area contributed by atoms with E-state index in [2.05, 4.69) is 10.3 Å². The van der Waals surface area contributed by atoms with Crippen molar-refractivity contribution in [3.63, 3.8) is 0 Å². The Balaban J connectivity index is 4.37. The fourth-order valence-electron chi connectivity index (χ4n) is 1.19. The monoisotopic (exact) mass is 212 g/mol.